The second-order valence-electron chi connectivity index (χ2n) is 15.6. The van der Waals surface area contributed by atoms with Gasteiger partial charge in [-0.3, -0.25) is 4.90 Å². The first-order valence-electron chi connectivity index (χ1n) is 15.4. The van der Waals surface area contributed by atoms with Crippen LogP contribution in [-0.2, 0) is 13.6 Å². The van der Waals surface area contributed by atoms with Gasteiger partial charge < -0.3 is 18.3 Å². The zero-order valence-corrected chi connectivity index (χ0v) is 32.2. The number of anilines is 1. The summed E-state index contributed by atoms with van der Waals surface area (Å²) in [6.45, 7) is 29.2. The molecule has 0 bridgehead atoms. The first kappa shape index (κ1) is 36.2. The highest BCUT2D eigenvalue weighted by molar-refractivity contribution is 7.21. The third-order valence-corrected chi connectivity index (χ3v) is 18.8. The largest absolute Gasteiger partial charge is 0.491 e. The van der Waals surface area contributed by atoms with Gasteiger partial charge in [-0.1, -0.05) is 41.5 Å². The molecule has 1 aromatic heterocycles. The van der Waals surface area contributed by atoms with Crippen LogP contribution in [0.1, 0.15) is 62.3 Å². The Morgan fingerprint density at radius 1 is 0.864 bits per heavy atom. The van der Waals surface area contributed by atoms with E-state index in [-0.39, 0.29) is 22.3 Å². The van der Waals surface area contributed by atoms with Crippen molar-refractivity contribution in [1.82, 2.24) is 4.98 Å². The van der Waals surface area contributed by atoms with Crippen molar-refractivity contribution in [2.45, 2.75) is 110 Å². The molecule has 2 aromatic carbocycles. The van der Waals surface area contributed by atoms with Gasteiger partial charge in [-0.15, -0.1) is 11.3 Å². The molecule has 0 saturated heterocycles. The Morgan fingerprint density at radius 2 is 1.45 bits per heavy atom. The predicted molar refractivity (Wildman–Crippen MR) is 190 cm³/mol. The van der Waals surface area contributed by atoms with E-state index in [2.05, 4.69) is 73.8 Å². The molecule has 44 heavy (non-hydrogen) atoms. The highest BCUT2D eigenvalue weighted by Crippen LogP contribution is 2.39. The number of thiazole rings is 1. The quantitative estimate of drug-likeness (QED) is 0.202. The zero-order valence-electron chi connectivity index (χ0n) is 29.4. The third-order valence-electron chi connectivity index (χ3n) is 8.67. The van der Waals surface area contributed by atoms with Crippen molar-refractivity contribution < 1.29 is 23.1 Å². The lowest BCUT2D eigenvalue weighted by Gasteiger charge is -2.41. The van der Waals surface area contributed by atoms with Crippen molar-refractivity contribution in [1.29, 1.82) is 0 Å². The van der Waals surface area contributed by atoms with Gasteiger partial charge in [-0.2, -0.15) is 0 Å². The van der Waals surface area contributed by atoms with Gasteiger partial charge in [0.15, 0.2) is 16.6 Å². The normalized spacial score (nSPS) is 14.0. The van der Waals surface area contributed by atoms with E-state index in [0.29, 0.717) is 13.2 Å². The first-order valence-corrected chi connectivity index (χ1v) is 22.0. The Bertz CT molecular complexity index is 1420. The number of hydrogen-bond donors (Lipinski definition) is 0. The Kier molecular flexibility index (Phi) is 10.9. The molecule has 0 aliphatic carbocycles. The Labute approximate surface area is 271 Å². The molecular formula is C34H54N2O5SSi2. The van der Waals surface area contributed by atoms with Crippen molar-refractivity contribution in [2.75, 3.05) is 25.2 Å². The van der Waals surface area contributed by atoms with Crippen LogP contribution < -0.4 is 9.64 Å². The van der Waals surface area contributed by atoms with Crippen molar-refractivity contribution in [3.63, 3.8) is 0 Å². The van der Waals surface area contributed by atoms with Crippen LogP contribution in [0, 0.1) is 0 Å². The number of benzene rings is 2. The summed E-state index contributed by atoms with van der Waals surface area (Å²) in [6, 6.07) is 13.8. The van der Waals surface area contributed by atoms with E-state index in [1.165, 1.54) is 4.90 Å². The average Bonchev–Trinajstić information content (AvgIpc) is 3.31. The number of carbonyl (C=O) groups is 1. The molecular weight excluding hydrogens is 605 g/mol. The fraction of sp³-hybridized carbons (Fsp3) is 0.588. The monoisotopic (exact) mass is 658 g/mol. The molecule has 0 N–H and O–H groups in total. The van der Waals surface area contributed by atoms with Gasteiger partial charge >= 0.3 is 6.09 Å². The second kappa shape index (κ2) is 13.2. The standard InChI is InChI=1S/C34H54N2O5SSi2/c1-32(2,3)40-31(37)36(10)25-17-15-24(16-18-25)30-35-28-20-19-26(21-29(28)42-30)38-22-27(41-44(13,14)34(7,8)9)23-39-43(11,12)33(4,5)6/h15-21,27H,22-23H2,1-14H3/t27-/m1/s1. The molecule has 3 aromatic rings. The highest BCUT2D eigenvalue weighted by Gasteiger charge is 2.41. The molecule has 10 heteroatoms. The maximum Gasteiger partial charge on any atom is 0.414 e. The minimum atomic E-state index is -2.04. The number of ether oxygens (including phenoxy) is 2. The van der Waals surface area contributed by atoms with Crippen LogP contribution in [0.15, 0.2) is 42.5 Å². The number of carbonyl (C=O) groups excluding carboxylic acids is 1. The number of rotatable bonds is 10. The van der Waals surface area contributed by atoms with Crippen LogP contribution in [0.4, 0.5) is 10.5 Å². The summed E-state index contributed by atoms with van der Waals surface area (Å²) in [6.07, 6.45) is -0.545. The molecule has 0 radical (unpaired) electrons. The topological polar surface area (TPSA) is 70.1 Å². The van der Waals surface area contributed by atoms with E-state index in [1.807, 2.05) is 57.2 Å². The van der Waals surface area contributed by atoms with E-state index >= 15 is 0 Å². The van der Waals surface area contributed by atoms with E-state index < -0.39 is 22.2 Å². The maximum atomic E-state index is 12.5. The van der Waals surface area contributed by atoms with Crippen molar-refractivity contribution in [2.24, 2.45) is 0 Å². The second-order valence-corrected chi connectivity index (χ2v) is 26.2. The van der Waals surface area contributed by atoms with Gasteiger partial charge in [0.05, 0.1) is 16.8 Å². The van der Waals surface area contributed by atoms with Gasteiger partial charge in [-0.25, -0.2) is 9.78 Å². The number of aromatic nitrogens is 1. The maximum absolute atomic E-state index is 12.5. The molecule has 1 amide bonds. The summed E-state index contributed by atoms with van der Waals surface area (Å²) >= 11 is 1.62. The number of hydrogen-bond acceptors (Lipinski definition) is 7. The van der Waals surface area contributed by atoms with Crippen LogP contribution in [-0.4, -0.2) is 59.7 Å². The Morgan fingerprint density at radius 3 is 2.00 bits per heavy atom. The number of nitrogens with zero attached hydrogens (tertiary/aromatic N) is 2. The third kappa shape index (κ3) is 9.39. The van der Waals surface area contributed by atoms with E-state index in [1.54, 1.807) is 18.4 Å². The summed E-state index contributed by atoms with van der Waals surface area (Å²) in [4.78, 5) is 18.8. The van der Waals surface area contributed by atoms with Crippen LogP contribution in [0.5, 0.6) is 5.75 Å². The van der Waals surface area contributed by atoms with E-state index in [0.717, 1.165) is 32.2 Å². The Balaban J connectivity index is 1.75. The van der Waals surface area contributed by atoms with Crippen LogP contribution in [0.25, 0.3) is 20.8 Å². The zero-order chi connectivity index (χ0) is 33.3. The van der Waals surface area contributed by atoms with Crippen molar-refractivity contribution in [3.8, 4) is 16.3 Å². The van der Waals surface area contributed by atoms with Crippen LogP contribution in [0.3, 0.4) is 0 Å². The molecule has 7 nitrogen and oxygen atoms in total. The van der Waals surface area contributed by atoms with Crippen molar-refractivity contribution >= 4 is 50.0 Å². The van der Waals surface area contributed by atoms with Crippen LogP contribution >= 0.6 is 11.3 Å². The molecule has 0 aliphatic rings. The van der Waals surface area contributed by atoms with Gasteiger partial charge in [0, 0.05) is 18.3 Å². The minimum absolute atomic E-state index is 0.0868. The molecule has 244 valence electrons. The van der Waals surface area contributed by atoms with Gasteiger partial charge in [-0.05, 0) is 99.5 Å². The molecule has 0 spiro atoms. The fourth-order valence-electron chi connectivity index (χ4n) is 3.80. The van der Waals surface area contributed by atoms with Gasteiger partial charge in [0.25, 0.3) is 0 Å². The Hall–Kier alpha value is -2.25. The minimum Gasteiger partial charge on any atom is -0.491 e. The fourth-order valence-corrected chi connectivity index (χ4v) is 7.16. The molecule has 1 atom stereocenters. The number of amides is 1. The van der Waals surface area contributed by atoms with Crippen LogP contribution in [0.2, 0.25) is 36.3 Å². The molecule has 0 aliphatic heterocycles. The first-order chi connectivity index (χ1) is 20.0. The lowest BCUT2D eigenvalue weighted by molar-refractivity contribution is 0.0589. The summed E-state index contributed by atoms with van der Waals surface area (Å²) in [7, 11) is -2.26. The van der Waals surface area contributed by atoms with Gasteiger partial charge in [0.1, 0.15) is 29.1 Å². The highest BCUT2D eigenvalue weighted by atomic mass is 32.1. The summed E-state index contributed by atoms with van der Waals surface area (Å²) in [5.74, 6) is 0.790. The van der Waals surface area contributed by atoms with E-state index in [9.17, 15) is 4.79 Å². The average molecular weight is 659 g/mol. The molecule has 0 fully saturated rings. The molecule has 1 heterocycles. The number of fused-ring (bicyclic) bond motifs is 1. The van der Waals surface area contributed by atoms with Gasteiger partial charge in [0.2, 0.25) is 0 Å². The summed E-state index contributed by atoms with van der Waals surface area (Å²) < 4.78 is 26.3. The summed E-state index contributed by atoms with van der Waals surface area (Å²) in [5.41, 5.74) is 2.11. The lowest BCUT2D eigenvalue weighted by atomic mass is 10.2. The smallest absolute Gasteiger partial charge is 0.414 e. The SMILES string of the molecule is CN(C(=O)OC(C)(C)C)c1ccc(-c2nc3ccc(OC[C@H](CO[Si](C)(C)C(C)(C)C)O[Si](C)(C)C(C)(C)C)cc3s2)cc1. The molecule has 3 rings (SSSR count). The predicted octanol–water partition coefficient (Wildman–Crippen LogP) is 10.1. The lowest BCUT2D eigenvalue weighted by Crippen LogP contribution is -2.49. The summed E-state index contributed by atoms with van der Waals surface area (Å²) in [5, 5.41) is 1.12. The molecule has 0 unspecified atom stereocenters. The molecule has 0 saturated carbocycles. The van der Waals surface area contributed by atoms with Crippen molar-refractivity contribution in [3.05, 3.63) is 42.5 Å². The van der Waals surface area contributed by atoms with E-state index in [4.69, 9.17) is 23.3 Å².